The number of carboxylic acid groups (broad SMARTS) is 1. The van der Waals surface area contributed by atoms with Crippen molar-refractivity contribution in [1.29, 1.82) is 0 Å². The van der Waals surface area contributed by atoms with Gasteiger partial charge in [0.1, 0.15) is 5.75 Å². The molecule has 1 fully saturated rings. The van der Waals surface area contributed by atoms with E-state index in [2.05, 4.69) is 26.0 Å². The largest absolute Gasteiger partial charge is 0.493 e. The Morgan fingerprint density at radius 3 is 2.33 bits per heavy atom. The van der Waals surface area contributed by atoms with Gasteiger partial charge in [0, 0.05) is 0 Å². The molecule has 1 aliphatic rings. The number of rotatable bonds is 6. The van der Waals surface area contributed by atoms with Crippen molar-refractivity contribution in [2.75, 3.05) is 6.61 Å². The number of hydrogen-bond donors (Lipinski definition) is 1. The summed E-state index contributed by atoms with van der Waals surface area (Å²) in [6.45, 7) is 5.14. The molecule has 0 saturated heterocycles. The summed E-state index contributed by atoms with van der Waals surface area (Å²) in [4.78, 5) is 10.9. The number of carboxylic acids is 1. The summed E-state index contributed by atoms with van der Waals surface area (Å²) in [6.07, 6.45) is 4.59. The molecule has 0 aromatic heterocycles. The normalized spacial score (nSPS) is 22.2. The topological polar surface area (TPSA) is 46.5 Å². The molecule has 0 bridgehead atoms. The van der Waals surface area contributed by atoms with Gasteiger partial charge in [-0.25, -0.2) is 0 Å². The molecule has 0 heterocycles. The smallest absolute Gasteiger partial charge is 0.306 e. The third kappa shape index (κ3) is 5.07. The molecule has 0 amide bonds. The van der Waals surface area contributed by atoms with E-state index < -0.39 is 5.97 Å². The third-order valence-corrected chi connectivity index (χ3v) is 4.25. The molecule has 0 radical (unpaired) electrons. The van der Waals surface area contributed by atoms with Crippen molar-refractivity contribution in [2.24, 2.45) is 17.8 Å². The highest BCUT2D eigenvalue weighted by Crippen LogP contribution is 2.29. The molecular weight excluding hydrogens is 264 g/mol. The van der Waals surface area contributed by atoms with Gasteiger partial charge in [0.25, 0.3) is 0 Å². The quantitative estimate of drug-likeness (QED) is 0.856. The minimum absolute atomic E-state index is 0.142. The Morgan fingerprint density at radius 2 is 1.81 bits per heavy atom. The van der Waals surface area contributed by atoms with E-state index in [4.69, 9.17) is 9.84 Å². The van der Waals surface area contributed by atoms with Gasteiger partial charge < -0.3 is 9.84 Å². The summed E-state index contributed by atoms with van der Waals surface area (Å²) < 4.78 is 5.85. The van der Waals surface area contributed by atoms with E-state index in [1.165, 1.54) is 5.56 Å². The van der Waals surface area contributed by atoms with Crippen LogP contribution < -0.4 is 4.74 Å². The lowest BCUT2D eigenvalue weighted by Gasteiger charge is -2.26. The maximum Gasteiger partial charge on any atom is 0.306 e. The zero-order valence-corrected chi connectivity index (χ0v) is 13.0. The maximum absolute atomic E-state index is 10.9. The highest BCUT2D eigenvalue weighted by molar-refractivity contribution is 5.69. The first-order valence-corrected chi connectivity index (χ1v) is 7.99. The second-order valence-corrected chi connectivity index (χ2v) is 6.61. The highest BCUT2D eigenvalue weighted by Gasteiger charge is 2.26. The lowest BCUT2D eigenvalue weighted by Crippen LogP contribution is -2.24. The fraction of sp³-hybridized carbons (Fsp3) is 0.611. The Kier molecular flexibility index (Phi) is 5.66. The van der Waals surface area contributed by atoms with E-state index in [9.17, 15) is 4.79 Å². The van der Waals surface area contributed by atoms with Gasteiger partial charge in [0.15, 0.2) is 0 Å². The minimum atomic E-state index is -0.643. The van der Waals surface area contributed by atoms with Gasteiger partial charge in [-0.2, -0.15) is 0 Å². The van der Waals surface area contributed by atoms with Crippen molar-refractivity contribution in [2.45, 2.75) is 46.0 Å². The summed E-state index contributed by atoms with van der Waals surface area (Å²) in [6, 6.07) is 8.36. The van der Waals surface area contributed by atoms with Crippen LogP contribution >= 0.6 is 0 Å². The molecule has 1 aromatic rings. The van der Waals surface area contributed by atoms with Gasteiger partial charge in [0.05, 0.1) is 12.5 Å². The molecule has 1 N–H and O–H groups in total. The lowest BCUT2D eigenvalue weighted by molar-refractivity contribution is -0.143. The fourth-order valence-corrected chi connectivity index (χ4v) is 2.98. The Hall–Kier alpha value is -1.51. The van der Waals surface area contributed by atoms with Crippen molar-refractivity contribution in [3.05, 3.63) is 29.8 Å². The second-order valence-electron chi connectivity index (χ2n) is 6.61. The van der Waals surface area contributed by atoms with Gasteiger partial charge in [-0.05, 0) is 61.6 Å². The molecule has 1 aromatic carbocycles. The summed E-state index contributed by atoms with van der Waals surface area (Å²) in [5.41, 5.74) is 1.35. The van der Waals surface area contributed by atoms with E-state index in [0.717, 1.165) is 37.9 Å². The van der Waals surface area contributed by atoms with Gasteiger partial charge in [-0.3, -0.25) is 4.79 Å². The molecule has 1 saturated carbocycles. The predicted octanol–water partition coefficient (Wildman–Crippen LogP) is 4.15. The van der Waals surface area contributed by atoms with Gasteiger partial charge in [0.2, 0.25) is 0 Å². The van der Waals surface area contributed by atoms with Gasteiger partial charge in [-0.1, -0.05) is 26.0 Å². The van der Waals surface area contributed by atoms with Crippen LogP contribution in [0.2, 0.25) is 0 Å². The van der Waals surface area contributed by atoms with Gasteiger partial charge in [-0.15, -0.1) is 0 Å². The average Bonchev–Trinajstić information content (AvgIpc) is 2.46. The molecule has 0 spiro atoms. The van der Waals surface area contributed by atoms with Crippen LogP contribution in [0.3, 0.4) is 0 Å². The number of hydrogen-bond acceptors (Lipinski definition) is 2. The zero-order chi connectivity index (χ0) is 15.2. The Bertz CT molecular complexity index is 442. The summed E-state index contributed by atoms with van der Waals surface area (Å²) in [7, 11) is 0. The first kappa shape index (κ1) is 15.9. The molecule has 3 nitrogen and oxygen atoms in total. The Balaban J connectivity index is 1.75. The van der Waals surface area contributed by atoms with Crippen LogP contribution in [-0.4, -0.2) is 17.7 Å². The number of benzene rings is 1. The van der Waals surface area contributed by atoms with E-state index in [1.807, 2.05) is 12.1 Å². The fourth-order valence-electron chi connectivity index (χ4n) is 2.98. The van der Waals surface area contributed by atoms with E-state index in [0.29, 0.717) is 18.4 Å². The summed E-state index contributed by atoms with van der Waals surface area (Å²) in [5.74, 6) is 1.30. The first-order valence-electron chi connectivity index (χ1n) is 7.99. The lowest BCUT2D eigenvalue weighted by atomic mass is 9.82. The van der Waals surface area contributed by atoms with Crippen LogP contribution in [-0.2, 0) is 11.2 Å². The minimum Gasteiger partial charge on any atom is -0.493 e. The molecule has 0 atom stereocenters. The molecule has 1 aliphatic carbocycles. The van der Waals surface area contributed by atoms with Crippen LogP contribution in [0.5, 0.6) is 5.75 Å². The monoisotopic (exact) mass is 290 g/mol. The Morgan fingerprint density at radius 1 is 1.19 bits per heavy atom. The molecule has 2 rings (SSSR count). The number of aliphatic carboxylic acids is 1. The first-order chi connectivity index (χ1) is 10.0. The summed E-state index contributed by atoms with van der Waals surface area (Å²) in [5, 5.41) is 8.99. The summed E-state index contributed by atoms with van der Waals surface area (Å²) >= 11 is 0. The SMILES string of the molecule is CC(C)Cc1ccc(OC[C@H]2CC[C@H](C(=O)O)CC2)cc1. The maximum atomic E-state index is 10.9. The van der Waals surface area contributed by atoms with Crippen molar-refractivity contribution < 1.29 is 14.6 Å². The van der Waals surface area contributed by atoms with E-state index in [-0.39, 0.29) is 5.92 Å². The zero-order valence-electron chi connectivity index (χ0n) is 13.0. The second kappa shape index (κ2) is 7.48. The van der Waals surface area contributed by atoms with Crippen molar-refractivity contribution in [1.82, 2.24) is 0 Å². The van der Waals surface area contributed by atoms with Crippen LogP contribution in [0.4, 0.5) is 0 Å². The molecule has 0 aliphatic heterocycles. The van der Waals surface area contributed by atoms with Crippen LogP contribution in [0, 0.1) is 17.8 Å². The van der Waals surface area contributed by atoms with Crippen molar-refractivity contribution in [3.8, 4) is 5.75 Å². The average molecular weight is 290 g/mol. The van der Waals surface area contributed by atoms with Crippen LogP contribution in [0.15, 0.2) is 24.3 Å². The number of ether oxygens (including phenoxy) is 1. The number of carbonyl (C=O) groups is 1. The van der Waals surface area contributed by atoms with E-state index >= 15 is 0 Å². The highest BCUT2D eigenvalue weighted by atomic mass is 16.5. The molecule has 0 unspecified atom stereocenters. The van der Waals surface area contributed by atoms with E-state index in [1.54, 1.807) is 0 Å². The predicted molar refractivity (Wildman–Crippen MR) is 83.6 cm³/mol. The molecule has 3 heteroatoms. The Labute approximate surface area is 127 Å². The molecular formula is C18H26O3. The van der Waals surface area contributed by atoms with Crippen molar-refractivity contribution in [3.63, 3.8) is 0 Å². The molecule has 21 heavy (non-hydrogen) atoms. The third-order valence-electron chi connectivity index (χ3n) is 4.25. The van der Waals surface area contributed by atoms with Crippen LogP contribution in [0.25, 0.3) is 0 Å². The molecule has 116 valence electrons. The van der Waals surface area contributed by atoms with Crippen molar-refractivity contribution >= 4 is 5.97 Å². The van der Waals surface area contributed by atoms with Gasteiger partial charge >= 0.3 is 5.97 Å². The van der Waals surface area contributed by atoms with Crippen LogP contribution in [0.1, 0.15) is 45.1 Å². The standard InChI is InChI=1S/C18H26O3/c1-13(2)11-14-5-9-17(10-6-14)21-12-15-3-7-16(8-4-15)18(19)20/h5-6,9-10,13,15-16H,3-4,7-8,11-12H2,1-2H3,(H,19,20)/t15-,16-.